The van der Waals surface area contributed by atoms with Gasteiger partial charge in [0, 0.05) is 11.4 Å². The summed E-state index contributed by atoms with van der Waals surface area (Å²) in [5.41, 5.74) is 14.4. The molecule has 3 N–H and O–H groups in total. The van der Waals surface area contributed by atoms with Crippen molar-refractivity contribution < 1.29 is 14.4 Å². The first-order chi connectivity index (χ1) is 7.13. The molecular weight excluding hydrogens is 196 g/mol. The number of ketones is 1. The Hall–Kier alpha value is -2.46. The molecule has 1 rings (SSSR count). The zero-order valence-electron chi connectivity index (χ0n) is 7.68. The summed E-state index contributed by atoms with van der Waals surface area (Å²) in [6.45, 7) is 0. The van der Waals surface area contributed by atoms with Crippen molar-refractivity contribution in [3.8, 4) is 0 Å². The van der Waals surface area contributed by atoms with Crippen molar-refractivity contribution in [2.75, 3.05) is 11.1 Å². The monoisotopic (exact) mass is 204 g/mol. The summed E-state index contributed by atoms with van der Waals surface area (Å²) in [6.07, 6.45) is 0.516. The SMILES string of the molecule is [N-]=[N+]=CC(=O)C(=O)Nc1cccc(N)c1. The number of nitrogens with zero attached hydrogens (tertiary/aromatic N) is 2. The normalized spacial score (nSPS) is 8.80. The van der Waals surface area contributed by atoms with Crippen molar-refractivity contribution in [1.82, 2.24) is 0 Å². The van der Waals surface area contributed by atoms with E-state index in [-0.39, 0.29) is 0 Å². The van der Waals surface area contributed by atoms with E-state index >= 15 is 0 Å². The van der Waals surface area contributed by atoms with Gasteiger partial charge in [0.05, 0.1) is 0 Å². The minimum atomic E-state index is -0.945. The number of nitrogen functional groups attached to an aromatic ring is 1. The quantitative estimate of drug-likeness (QED) is 0.239. The molecule has 6 nitrogen and oxygen atoms in total. The Labute approximate surface area is 85.3 Å². The van der Waals surface area contributed by atoms with Crippen LogP contribution in [-0.4, -0.2) is 22.7 Å². The molecule has 0 aromatic heterocycles. The first kappa shape index (κ1) is 10.6. The van der Waals surface area contributed by atoms with Crippen molar-refractivity contribution in [1.29, 1.82) is 0 Å². The maximum atomic E-state index is 11.1. The molecule has 0 radical (unpaired) electrons. The van der Waals surface area contributed by atoms with Crippen LogP contribution in [0.4, 0.5) is 11.4 Å². The minimum absolute atomic E-state index is 0.402. The third-order valence-electron chi connectivity index (χ3n) is 1.54. The van der Waals surface area contributed by atoms with Crippen LogP contribution in [0.3, 0.4) is 0 Å². The molecule has 0 saturated heterocycles. The van der Waals surface area contributed by atoms with Crippen molar-refractivity contribution >= 4 is 29.3 Å². The van der Waals surface area contributed by atoms with Crippen LogP contribution in [0.25, 0.3) is 5.53 Å². The van der Waals surface area contributed by atoms with E-state index in [0.717, 1.165) is 0 Å². The Morgan fingerprint density at radius 2 is 2.20 bits per heavy atom. The van der Waals surface area contributed by atoms with Gasteiger partial charge < -0.3 is 16.6 Å². The summed E-state index contributed by atoms with van der Waals surface area (Å²) in [5.74, 6) is -1.83. The fraction of sp³-hybridized carbons (Fsp3) is 0. The molecule has 0 atom stereocenters. The molecule has 15 heavy (non-hydrogen) atoms. The van der Waals surface area contributed by atoms with E-state index in [0.29, 0.717) is 17.6 Å². The lowest BCUT2D eigenvalue weighted by atomic mass is 10.2. The summed E-state index contributed by atoms with van der Waals surface area (Å²) in [4.78, 5) is 24.4. The number of hydrogen-bond acceptors (Lipinski definition) is 3. The number of carbonyl (C=O) groups is 2. The van der Waals surface area contributed by atoms with Crippen LogP contribution < -0.4 is 11.1 Å². The van der Waals surface area contributed by atoms with Crippen LogP contribution in [-0.2, 0) is 9.59 Å². The van der Waals surface area contributed by atoms with E-state index in [4.69, 9.17) is 11.3 Å². The van der Waals surface area contributed by atoms with Gasteiger partial charge in [0.15, 0.2) is 0 Å². The Morgan fingerprint density at radius 1 is 1.47 bits per heavy atom. The van der Waals surface area contributed by atoms with E-state index in [9.17, 15) is 9.59 Å². The molecule has 0 spiro atoms. The third kappa shape index (κ3) is 3.06. The lowest BCUT2D eigenvalue weighted by molar-refractivity contribution is -0.132. The van der Waals surface area contributed by atoms with Crippen LogP contribution in [0.5, 0.6) is 0 Å². The number of hydrogen-bond donors (Lipinski definition) is 2. The molecule has 0 unspecified atom stereocenters. The van der Waals surface area contributed by atoms with Gasteiger partial charge in [-0.2, -0.15) is 4.79 Å². The van der Waals surface area contributed by atoms with Gasteiger partial charge in [-0.3, -0.25) is 9.59 Å². The maximum Gasteiger partial charge on any atom is 0.333 e. The Bertz CT molecular complexity index is 449. The van der Waals surface area contributed by atoms with Gasteiger partial charge in [0.2, 0.25) is 0 Å². The molecule has 6 heteroatoms. The first-order valence-electron chi connectivity index (χ1n) is 4.02. The van der Waals surface area contributed by atoms with Gasteiger partial charge in [-0.25, -0.2) is 0 Å². The van der Waals surface area contributed by atoms with Gasteiger partial charge in [-0.1, -0.05) is 6.07 Å². The summed E-state index contributed by atoms with van der Waals surface area (Å²) in [5, 5.41) is 2.30. The highest BCUT2D eigenvalue weighted by atomic mass is 16.2. The van der Waals surface area contributed by atoms with Gasteiger partial charge in [-0.15, -0.1) is 0 Å². The lowest BCUT2D eigenvalue weighted by Gasteiger charge is -2.01. The summed E-state index contributed by atoms with van der Waals surface area (Å²) in [6, 6.07) is 6.36. The smallest absolute Gasteiger partial charge is 0.333 e. The number of nitrogens with one attached hydrogen (secondary N) is 1. The second-order valence-electron chi connectivity index (χ2n) is 2.69. The standard InChI is InChI=1S/C9H8N4O2/c10-6-2-1-3-7(4-6)13-9(15)8(14)5-12-11/h1-5H,10H2,(H,13,15). The van der Waals surface area contributed by atoms with Crippen molar-refractivity contribution in [3.63, 3.8) is 0 Å². The molecule has 1 amide bonds. The molecule has 0 bridgehead atoms. The fourth-order valence-electron chi connectivity index (χ4n) is 0.920. The highest BCUT2D eigenvalue weighted by molar-refractivity contribution is 6.59. The van der Waals surface area contributed by atoms with Crippen molar-refractivity contribution in [3.05, 3.63) is 29.8 Å². The molecule has 76 valence electrons. The van der Waals surface area contributed by atoms with Crippen LogP contribution in [0.2, 0.25) is 0 Å². The molecule has 0 aliphatic heterocycles. The van der Waals surface area contributed by atoms with E-state index in [1.807, 2.05) is 0 Å². The molecule has 0 aliphatic carbocycles. The molecule has 1 aromatic rings. The average molecular weight is 204 g/mol. The van der Waals surface area contributed by atoms with Gasteiger partial charge in [-0.05, 0) is 18.2 Å². The second-order valence-corrected chi connectivity index (χ2v) is 2.69. The molecule has 1 aromatic carbocycles. The summed E-state index contributed by atoms with van der Waals surface area (Å²) < 4.78 is 0. The van der Waals surface area contributed by atoms with E-state index in [1.54, 1.807) is 18.2 Å². The predicted octanol–water partition coefficient (Wildman–Crippen LogP) is 0.0770. The zero-order valence-corrected chi connectivity index (χ0v) is 7.68. The first-order valence-corrected chi connectivity index (χ1v) is 4.02. The second kappa shape index (κ2) is 4.69. The third-order valence-corrected chi connectivity index (χ3v) is 1.54. The van der Waals surface area contributed by atoms with Gasteiger partial charge in [0.25, 0.3) is 0 Å². The lowest BCUT2D eigenvalue weighted by Crippen LogP contribution is -2.23. The molecule has 0 heterocycles. The molecule has 0 fully saturated rings. The number of rotatable bonds is 3. The predicted molar refractivity (Wildman–Crippen MR) is 54.2 cm³/mol. The number of Topliss-reactive ketones (excluding diaryl/α,β-unsaturated/α-hetero) is 1. The largest absolute Gasteiger partial charge is 0.399 e. The Morgan fingerprint density at radius 3 is 2.80 bits per heavy atom. The topological polar surface area (TPSA) is 109 Å². The van der Waals surface area contributed by atoms with E-state index < -0.39 is 11.7 Å². The highest BCUT2D eigenvalue weighted by Crippen LogP contribution is 2.11. The Kier molecular flexibility index (Phi) is 3.32. The van der Waals surface area contributed by atoms with E-state index in [1.165, 1.54) is 6.07 Å². The maximum absolute atomic E-state index is 11.1. The van der Waals surface area contributed by atoms with Crippen molar-refractivity contribution in [2.24, 2.45) is 0 Å². The number of benzene rings is 1. The Balaban J connectivity index is 2.74. The number of anilines is 2. The van der Waals surface area contributed by atoms with Crippen LogP contribution >= 0.6 is 0 Å². The number of amides is 1. The fourth-order valence-corrected chi connectivity index (χ4v) is 0.920. The highest BCUT2D eigenvalue weighted by Gasteiger charge is 2.14. The van der Waals surface area contributed by atoms with Gasteiger partial charge in [0.1, 0.15) is 0 Å². The van der Waals surface area contributed by atoms with Gasteiger partial charge >= 0.3 is 17.9 Å². The minimum Gasteiger partial charge on any atom is -0.399 e. The van der Waals surface area contributed by atoms with Crippen LogP contribution in [0.15, 0.2) is 24.3 Å². The zero-order chi connectivity index (χ0) is 11.3. The summed E-state index contributed by atoms with van der Waals surface area (Å²) in [7, 11) is 0. The van der Waals surface area contributed by atoms with Crippen LogP contribution in [0.1, 0.15) is 0 Å². The molecule has 0 aliphatic rings. The number of nitrogens with two attached hydrogens (primary N) is 1. The summed E-state index contributed by atoms with van der Waals surface area (Å²) >= 11 is 0. The van der Waals surface area contributed by atoms with Crippen LogP contribution in [0, 0.1) is 0 Å². The molecular formula is C9H8N4O2. The molecule has 0 saturated carbocycles. The van der Waals surface area contributed by atoms with E-state index in [2.05, 4.69) is 10.1 Å². The average Bonchev–Trinajstić information content (AvgIpc) is 2.18. The van der Waals surface area contributed by atoms with Crippen molar-refractivity contribution in [2.45, 2.75) is 0 Å². The number of carbonyl (C=O) groups excluding carboxylic acids is 2.